The van der Waals surface area contributed by atoms with Gasteiger partial charge in [0.25, 0.3) is 11.8 Å². The molecule has 0 radical (unpaired) electrons. The number of halogens is 3. The number of ether oxygens (including phenoxy) is 1. The molecule has 3 amide bonds. The maximum absolute atomic E-state index is 15.0. The highest BCUT2D eigenvalue weighted by molar-refractivity contribution is 5.90. The molecule has 0 spiro atoms. The summed E-state index contributed by atoms with van der Waals surface area (Å²) in [4.78, 5) is 38.6. The van der Waals surface area contributed by atoms with Gasteiger partial charge in [0.1, 0.15) is 24.8 Å². The number of benzene rings is 1. The summed E-state index contributed by atoms with van der Waals surface area (Å²) < 4.78 is 44.7. The van der Waals surface area contributed by atoms with E-state index in [-0.39, 0.29) is 31.2 Å². The van der Waals surface area contributed by atoms with Crippen LogP contribution in [0.25, 0.3) is 0 Å². The third kappa shape index (κ3) is 5.83. The SMILES string of the molecule is O=C(NC[C@H]1CN(c2ccc(N3CCNN(C(=O)CN4NC=NN4)CC3)c(F)c2)C(=O)O1)C(F)F. The molecule has 2 fully saturated rings. The number of rotatable bonds is 7. The number of cyclic esters (lactones) is 1. The Balaban J connectivity index is 1.33. The van der Waals surface area contributed by atoms with E-state index in [1.54, 1.807) is 11.0 Å². The lowest BCUT2D eigenvalue weighted by Gasteiger charge is -2.25. The third-order valence-corrected chi connectivity index (χ3v) is 5.49. The number of hydrogen-bond donors (Lipinski definition) is 4. The zero-order valence-corrected chi connectivity index (χ0v) is 18.4. The first-order chi connectivity index (χ1) is 16.8. The summed E-state index contributed by atoms with van der Waals surface area (Å²) in [5, 5.41) is 8.59. The standard InChI is InChI=1S/C19H24F3N9O4/c20-14-7-12(29-9-13(35-19(29)34)8-23-18(33)17(21)22)1-2-15(14)28-4-3-25-30(6-5-28)16(32)10-31-26-11-24-27-31/h1-2,7,11,13,17,25,27H,3-6,8-10H2,(H,23,33)(H,24,26)/t13-/m0/s1. The molecule has 3 aliphatic rings. The van der Waals surface area contributed by atoms with Crippen LogP contribution in [0.4, 0.5) is 29.3 Å². The Labute approximate surface area is 197 Å². The number of hydrazine groups is 3. The van der Waals surface area contributed by atoms with Gasteiger partial charge in [-0.15, -0.1) is 5.12 Å². The monoisotopic (exact) mass is 499 g/mol. The fraction of sp³-hybridized carbons (Fsp3) is 0.474. The van der Waals surface area contributed by atoms with Gasteiger partial charge in [-0.2, -0.15) is 13.9 Å². The van der Waals surface area contributed by atoms with Gasteiger partial charge in [-0.05, 0) is 18.2 Å². The van der Waals surface area contributed by atoms with Crippen LogP contribution in [0.2, 0.25) is 0 Å². The summed E-state index contributed by atoms with van der Waals surface area (Å²) in [6.07, 6.45) is -3.37. The molecule has 0 saturated carbocycles. The molecule has 0 unspecified atom stereocenters. The highest BCUT2D eigenvalue weighted by atomic mass is 19.3. The predicted molar refractivity (Wildman–Crippen MR) is 116 cm³/mol. The Bertz CT molecular complexity index is 990. The average Bonchev–Trinajstić information content (AvgIpc) is 3.39. The van der Waals surface area contributed by atoms with Crippen LogP contribution < -0.4 is 31.5 Å². The Morgan fingerprint density at radius 3 is 2.80 bits per heavy atom. The van der Waals surface area contributed by atoms with E-state index in [0.717, 1.165) is 0 Å². The number of nitrogens with zero attached hydrogens (tertiary/aromatic N) is 5. The van der Waals surface area contributed by atoms with Crippen molar-refractivity contribution >= 4 is 35.6 Å². The van der Waals surface area contributed by atoms with Crippen LogP contribution in [-0.2, 0) is 14.3 Å². The molecule has 2 saturated heterocycles. The maximum atomic E-state index is 15.0. The molecular weight excluding hydrogens is 475 g/mol. The van der Waals surface area contributed by atoms with Gasteiger partial charge in [-0.1, -0.05) is 0 Å². The minimum absolute atomic E-state index is 0.0226. The molecular formula is C19H24F3N9O4. The number of nitrogens with one attached hydrogen (secondary N) is 4. The lowest BCUT2D eigenvalue weighted by Crippen LogP contribution is -2.51. The zero-order chi connectivity index (χ0) is 24.9. The van der Waals surface area contributed by atoms with Crippen molar-refractivity contribution in [3.05, 3.63) is 24.0 Å². The molecule has 1 aromatic carbocycles. The summed E-state index contributed by atoms with van der Waals surface area (Å²) >= 11 is 0. The molecule has 4 N–H and O–H groups in total. The molecule has 0 bridgehead atoms. The molecule has 0 aromatic heterocycles. The van der Waals surface area contributed by atoms with Gasteiger partial charge in [0.2, 0.25) is 0 Å². The summed E-state index contributed by atoms with van der Waals surface area (Å²) in [6.45, 7) is 1.21. The molecule has 0 aliphatic carbocycles. The topological polar surface area (TPSA) is 134 Å². The lowest BCUT2D eigenvalue weighted by atomic mass is 10.2. The van der Waals surface area contributed by atoms with Gasteiger partial charge < -0.3 is 15.0 Å². The van der Waals surface area contributed by atoms with Crippen molar-refractivity contribution in [2.75, 3.05) is 55.6 Å². The van der Waals surface area contributed by atoms with Crippen molar-refractivity contribution in [2.45, 2.75) is 12.5 Å². The molecule has 16 heteroatoms. The summed E-state index contributed by atoms with van der Waals surface area (Å²) in [6, 6.07) is 4.26. The van der Waals surface area contributed by atoms with Crippen LogP contribution in [0.15, 0.2) is 23.3 Å². The molecule has 4 rings (SSSR count). The minimum Gasteiger partial charge on any atom is -0.442 e. The number of hydrogen-bond acceptors (Lipinski definition) is 10. The zero-order valence-electron chi connectivity index (χ0n) is 18.4. The van der Waals surface area contributed by atoms with Crippen LogP contribution in [0.3, 0.4) is 0 Å². The van der Waals surface area contributed by atoms with Gasteiger partial charge >= 0.3 is 12.5 Å². The van der Waals surface area contributed by atoms with Gasteiger partial charge in [-0.3, -0.25) is 24.9 Å². The second-order valence-electron chi connectivity index (χ2n) is 7.81. The molecule has 35 heavy (non-hydrogen) atoms. The van der Waals surface area contributed by atoms with Crippen LogP contribution in [0.5, 0.6) is 0 Å². The molecule has 3 aliphatic heterocycles. The molecule has 3 heterocycles. The summed E-state index contributed by atoms with van der Waals surface area (Å²) in [5.74, 6) is -2.24. The highest BCUT2D eigenvalue weighted by Gasteiger charge is 2.33. The number of amides is 3. The third-order valence-electron chi connectivity index (χ3n) is 5.49. The minimum atomic E-state index is -3.17. The summed E-state index contributed by atoms with van der Waals surface area (Å²) in [7, 11) is 0. The van der Waals surface area contributed by atoms with Crippen LogP contribution in [0, 0.1) is 5.82 Å². The van der Waals surface area contributed by atoms with Gasteiger partial charge in [0, 0.05) is 19.6 Å². The van der Waals surface area contributed by atoms with Gasteiger partial charge in [0.15, 0.2) is 0 Å². The largest absolute Gasteiger partial charge is 0.442 e. The van der Waals surface area contributed by atoms with E-state index in [4.69, 9.17) is 4.74 Å². The average molecular weight is 499 g/mol. The Morgan fingerprint density at radius 1 is 1.26 bits per heavy atom. The number of alkyl halides is 2. The van der Waals surface area contributed by atoms with Crippen LogP contribution in [0.1, 0.15) is 0 Å². The number of carbonyl (C=O) groups is 3. The maximum Gasteiger partial charge on any atom is 0.414 e. The van der Waals surface area contributed by atoms with E-state index < -0.39 is 30.3 Å². The highest BCUT2D eigenvalue weighted by Crippen LogP contribution is 2.28. The van der Waals surface area contributed by atoms with E-state index >= 15 is 4.39 Å². The number of carbonyl (C=O) groups excluding carboxylic acids is 3. The van der Waals surface area contributed by atoms with E-state index in [0.29, 0.717) is 31.9 Å². The lowest BCUT2D eigenvalue weighted by molar-refractivity contribution is -0.136. The first-order valence-electron chi connectivity index (χ1n) is 10.7. The van der Waals surface area contributed by atoms with Crippen molar-refractivity contribution < 1.29 is 32.3 Å². The van der Waals surface area contributed by atoms with Gasteiger partial charge in [0.05, 0.1) is 31.0 Å². The van der Waals surface area contributed by atoms with Gasteiger partial charge in [-0.25, -0.2) is 20.1 Å². The fourth-order valence-corrected chi connectivity index (χ4v) is 3.76. The van der Waals surface area contributed by atoms with E-state index in [1.165, 1.54) is 33.5 Å². The van der Waals surface area contributed by atoms with Crippen molar-refractivity contribution in [1.29, 1.82) is 0 Å². The van der Waals surface area contributed by atoms with Crippen molar-refractivity contribution in [2.24, 2.45) is 5.10 Å². The normalized spacial score (nSPS) is 20.5. The number of anilines is 2. The van der Waals surface area contributed by atoms with E-state index in [1.807, 2.05) is 5.32 Å². The van der Waals surface area contributed by atoms with Crippen LogP contribution >= 0.6 is 0 Å². The van der Waals surface area contributed by atoms with Crippen molar-refractivity contribution in [3.63, 3.8) is 0 Å². The second kappa shape index (κ2) is 10.6. The Kier molecular flexibility index (Phi) is 7.40. The first-order valence-corrected chi connectivity index (χ1v) is 10.7. The summed E-state index contributed by atoms with van der Waals surface area (Å²) in [5.41, 5.74) is 8.90. The molecule has 1 aromatic rings. The quantitative estimate of drug-likeness (QED) is 0.371. The fourth-order valence-electron chi connectivity index (χ4n) is 3.76. The smallest absolute Gasteiger partial charge is 0.414 e. The Hall–Kier alpha value is -3.79. The predicted octanol–water partition coefficient (Wildman–Crippen LogP) is -1.05. The van der Waals surface area contributed by atoms with Crippen molar-refractivity contribution in [1.82, 2.24) is 31.8 Å². The Morgan fingerprint density at radius 2 is 2.09 bits per heavy atom. The molecule has 13 nitrogen and oxygen atoms in total. The number of hydrazone groups is 1. The second-order valence-corrected chi connectivity index (χ2v) is 7.81. The molecule has 1 atom stereocenters. The first kappa shape index (κ1) is 24.3. The molecule has 190 valence electrons. The van der Waals surface area contributed by atoms with E-state index in [2.05, 4.69) is 21.5 Å². The van der Waals surface area contributed by atoms with Crippen LogP contribution in [-0.4, -0.2) is 92.7 Å². The van der Waals surface area contributed by atoms with Crippen molar-refractivity contribution in [3.8, 4) is 0 Å². The van der Waals surface area contributed by atoms with E-state index in [9.17, 15) is 23.2 Å².